The van der Waals surface area contributed by atoms with Gasteiger partial charge in [-0.2, -0.15) is 0 Å². The van der Waals surface area contributed by atoms with Crippen LogP contribution in [0, 0.1) is 5.92 Å². The largest absolute Gasteiger partial charge is 0.461 e. The highest BCUT2D eigenvalue weighted by molar-refractivity contribution is 5.82. The smallest absolute Gasteiger partial charge is 0.134 e. The average molecular weight is 273 g/mol. The summed E-state index contributed by atoms with van der Waals surface area (Å²) in [5, 5.41) is 4.91. The van der Waals surface area contributed by atoms with Crippen LogP contribution in [0.5, 0.6) is 0 Å². The molecule has 3 heteroatoms. The van der Waals surface area contributed by atoms with E-state index in [1.54, 1.807) is 0 Å². The van der Waals surface area contributed by atoms with E-state index in [0.717, 1.165) is 43.9 Å². The molecular weight excluding hydrogens is 250 g/mol. The highest BCUT2D eigenvalue weighted by Crippen LogP contribution is 2.37. The van der Waals surface area contributed by atoms with Crippen molar-refractivity contribution in [2.45, 2.75) is 32.7 Å². The predicted octanol–water partition coefficient (Wildman–Crippen LogP) is 3.68. The lowest BCUT2D eigenvalue weighted by atomic mass is 9.90. The summed E-state index contributed by atoms with van der Waals surface area (Å²) < 4.78 is 11.7. The molecule has 1 N–H and O–H groups in total. The summed E-state index contributed by atoms with van der Waals surface area (Å²) in [6.45, 7) is 7.01. The highest BCUT2D eigenvalue weighted by atomic mass is 16.5. The SMILES string of the molecule is CCNC(c1c(CC)oc2ccccc12)C1CCOC1. The van der Waals surface area contributed by atoms with Gasteiger partial charge < -0.3 is 14.5 Å². The zero-order valence-electron chi connectivity index (χ0n) is 12.3. The molecule has 2 unspecified atom stereocenters. The lowest BCUT2D eigenvalue weighted by Crippen LogP contribution is -2.29. The van der Waals surface area contributed by atoms with Crippen LogP contribution in [0.4, 0.5) is 0 Å². The van der Waals surface area contributed by atoms with Crippen LogP contribution in [0.2, 0.25) is 0 Å². The number of aryl methyl sites for hydroxylation is 1. The van der Waals surface area contributed by atoms with Crippen molar-refractivity contribution in [2.75, 3.05) is 19.8 Å². The topological polar surface area (TPSA) is 34.4 Å². The van der Waals surface area contributed by atoms with E-state index in [2.05, 4.69) is 37.4 Å². The van der Waals surface area contributed by atoms with E-state index >= 15 is 0 Å². The fraction of sp³-hybridized carbons (Fsp3) is 0.529. The van der Waals surface area contributed by atoms with Gasteiger partial charge in [0.2, 0.25) is 0 Å². The number of nitrogens with one attached hydrogen (secondary N) is 1. The standard InChI is InChI=1S/C17H23NO2/c1-3-14-16(13-7-5-6-8-15(13)20-14)17(18-4-2)12-9-10-19-11-12/h5-8,12,17-18H,3-4,9-11H2,1-2H3. The minimum atomic E-state index is 0.334. The molecule has 108 valence electrons. The van der Waals surface area contributed by atoms with Crippen molar-refractivity contribution in [2.24, 2.45) is 5.92 Å². The van der Waals surface area contributed by atoms with E-state index < -0.39 is 0 Å². The Labute approximate surface area is 120 Å². The van der Waals surface area contributed by atoms with Crippen LogP contribution >= 0.6 is 0 Å². The van der Waals surface area contributed by atoms with Gasteiger partial charge in [-0.05, 0) is 19.0 Å². The zero-order valence-corrected chi connectivity index (χ0v) is 12.3. The number of fused-ring (bicyclic) bond motifs is 1. The Morgan fingerprint density at radius 1 is 1.30 bits per heavy atom. The molecule has 20 heavy (non-hydrogen) atoms. The van der Waals surface area contributed by atoms with Crippen molar-refractivity contribution in [1.82, 2.24) is 5.32 Å². The summed E-state index contributed by atoms with van der Waals surface area (Å²) in [4.78, 5) is 0. The Morgan fingerprint density at radius 2 is 2.15 bits per heavy atom. The van der Waals surface area contributed by atoms with Crippen LogP contribution in [0.15, 0.2) is 28.7 Å². The molecule has 1 saturated heterocycles. The molecule has 0 radical (unpaired) electrons. The van der Waals surface area contributed by atoms with Crippen LogP contribution in [0.1, 0.15) is 37.6 Å². The van der Waals surface area contributed by atoms with Gasteiger partial charge in [-0.1, -0.05) is 32.0 Å². The van der Waals surface area contributed by atoms with Crippen molar-refractivity contribution in [3.63, 3.8) is 0 Å². The van der Waals surface area contributed by atoms with Gasteiger partial charge in [-0.25, -0.2) is 0 Å². The lowest BCUT2D eigenvalue weighted by molar-refractivity contribution is 0.177. The molecule has 2 atom stereocenters. The van der Waals surface area contributed by atoms with Gasteiger partial charge in [0, 0.05) is 35.9 Å². The first-order chi connectivity index (χ1) is 9.85. The molecule has 1 aromatic carbocycles. The molecule has 1 aliphatic heterocycles. The molecule has 2 heterocycles. The fourth-order valence-corrected chi connectivity index (χ4v) is 3.26. The molecule has 2 aromatic rings. The number of ether oxygens (including phenoxy) is 1. The van der Waals surface area contributed by atoms with E-state index in [1.165, 1.54) is 10.9 Å². The van der Waals surface area contributed by atoms with Crippen molar-refractivity contribution in [3.8, 4) is 0 Å². The fourth-order valence-electron chi connectivity index (χ4n) is 3.26. The quantitative estimate of drug-likeness (QED) is 0.902. The van der Waals surface area contributed by atoms with E-state index in [-0.39, 0.29) is 0 Å². The van der Waals surface area contributed by atoms with Crippen molar-refractivity contribution in [3.05, 3.63) is 35.6 Å². The molecule has 1 aromatic heterocycles. The first-order valence-corrected chi connectivity index (χ1v) is 7.66. The maximum absolute atomic E-state index is 6.05. The molecule has 0 spiro atoms. The summed E-state index contributed by atoms with van der Waals surface area (Å²) in [7, 11) is 0. The molecule has 3 rings (SSSR count). The number of hydrogen-bond acceptors (Lipinski definition) is 3. The third-order valence-corrected chi connectivity index (χ3v) is 4.20. The Morgan fingerprint density at radius 3 is 2.85 bits per heavy atom. The molecule has 1 fully saturated rings. The molecule has 1 aliphatic rings. The maximum atomic E-state index is 6.05. The van der Waals surface area contributed by atoms with E-state index in [4.69, 9.17) is 9.15 Å². The molecule has 0 amide bonds. The Bertz CT molecular complexity index is 569. The summed E-state index contributed by atoms with van der Waals surface area (Å²) in [5.41, 5.74) is 2.35. The summed E-state index contributed by atoms with van der Waals surface area (Å²) in [5.74, 6) is 1.66. The second-order valence-corrected chi connectivity index (χ2v) is 5.45. The molecule has 0 saturated carbocycles. The highest BCUT2D eigenvalue weighted by Gasteiger charge is 2.30. The number of rotatable bonds is 5. The minimum absolute atomic E-state index is 0.334. The van der Waals surface area contributed by atoms with Gasteiger partial charge in [-0.15, -0.1) is 0 Å². The van der Waals surface area contributed by atoms with E-state index in [0.29, 0.717) is 12.0 Å². The second-order valence-electron chi connectivity index (χ2n) is 5.45. The van der Waals surface area contributed by atoms with E-state index in [9.17, 15) is 0 Å². The van der Waals surface area contributed by atoms with Crippen LogP contribution < -0.4 is 5.32 Å². The third-order valence-electron chi connectivity index (χ3n) is 4.20. The molecule has 0 aliphatic carbocycles. The van der Waals surface area contributed by atoms with Gasteiger partial charge in [0.05, 0.1) is 6.61 Å². The van der Waals surface area contributed by atoms with Gasteiger partial charge in [0.25, 0.3) is 0 Å². The second kappa shape index (κ2) is 5.98. The van der Waals surface area contributed by atoms with Gasteiger partial charge >= 0.3 is 0 Å². The minimum Gasteiger partial charge on any atom is -0.461 e. The predicted molar refractivity (Wildman–Crippen MR) is 80.9 cm³/mol. The summed E-state index contributed by atoms with van der Waals surface area (Å²) in [6, 6.07) is 8.70. The van der Waals surface area contributed by atoms with Gasteiger partial charge in [0.15, 0.2) is 0 Å². The number of hydrogen-bond donors (Lipinski definition) is 1. The van der Waals surface area contributed by atoms with Crippen LogP contribution in [0.3, 0.4) is 0 Å². The van der Waals surface area contributed by atoms with Gasteiger partial charge in [-0.3, -0.25) is 0 Å². The van der Waals surface area contributed by atoms with Crippen molar-refractivity contribution >= 4 is 11.0 Å². The van der Waals surface area contributed by atoms with Crippen LogP contribution in [-0.4, -0.2) is 19.8 Å². The Balaban J connectivity index is 2.08. The number of benzene rings is 1. The van der Waals surface area contributed by atoms with E-state index in [1.807, 2.05) is 6.07 Å². The molecule has 0 bridgehead atoms. The lowest BCUT2D eigenvalue weighted by Gasteiger charge is -2.23. The monoisotopic (exact) mass is 273 g/mol. The summed E-state index contributed by atoms with van der Waals surface area (Å²) >= 11 is 0. The zero-order chi connectivity index (χ0) is 13.9. The number of furan rings is 1. The van der Waals surface area contributed by atoms with Crippen molar-refractivity contribution < 1.29 is 9.15 Å². The summed E-state index contributed by atoms with van der Waals surface area (Å²) in [6.07, 6.45) is 2.06. The third kappa shape index (κ3) is 2.36. The Kier molecular flexibility index (Phi) is 4.08. The molecule has 3 nitrogen and oxygen atoms in total. The number of para-hydroxylation sites is 1. The molecular formula is C17H23NO2. The van der Waals surface area contributed by atoms with Crippen LogP contribution in [-0.2, 0) is 11.2 Å². The first-order valence-electron chi connectivity index (χ1n) is 7.66. The average Bonchev–Trinajstić information content (AvgIpc) is 3.12. The first kappa shape index (κ1) is 13.7. The normalized spacial score (nSPS) is 20.6. The Hall–Kier alpha value is -1.32. The van der Waals surface area contributed by atoms with Crippen LogP contribution in [0.25, 0.3) is 11.0 Å². The van der Waals surface area contributed by atoms with Gasteiger partial charge in [0.1, 0.15) is 11.3 Å². The van der Waals surface area contributed by atoms with Crippen molar-refractivity contribution in [1.29, 1.82) is 0 Å². The maximum Gasteiger partial charge on any atom is 0.134 e.